The molecule has 0 saturated heterocycles. The standard InChI is InChI=1S/C11H16N2O3S/c1-3-17(15,16)12-8-11(14)13-10-7-5-4-6-9(10)2/h4-7,12H,3,8H2,1-2H3,(H,13,14). The van der Waals surface area contributed by atoms with Crippen molar-refractivity contribution in [3.8, 4) is 0 Å². The Labute approximate surface area is 101 Å². The van der Waals surface area contributed by atoms with Crippen LogP contribution in [0.4, 0.5) is 5.69 Å². The second-order valence-corrected chi connectivity index (χ2v) is 5.68. The molecule has 0 radical (unpaired) electrons. The summed E-state index contributed by atoms with van der Waals surface area (Å²) in [7, 11) is -3.33. The number of anilines is 1. The number of hydrogen-bond donors (Lipinski definition) is 2. The Kier molecular flexibility index (Phi) is 4.65. The van der Waals surface area contributed by atoms with Crippen LogP contribution in [0.15, 0.2) is 24.3 Å². The second kappa shape index (κ2) is 5.79. The van der Waals surface area contributed by atoms with Gasteiger partial charge in [-0.2, -0.15) is 0 Å². The van der Waals surface area contributed by atoms with Crippen molar-refractivity contribution in [1.29, 1.82) is 0 Å². The first-order valence-corrected chi connectivity index (χ1v) is 6.92. The van der Waals surface area contributed by atoms with E-state index >= 15 is 0 Å². The molecule has 0 unspecified atom stereocenters. The van der Waals surface area contributed by atoms with Gasteiger partial charge in [0.15, 0.2) is 0 Å². The third-order valence-electron chi connectivity index (χ3n) is 2.25. The molecule has 1 aromatic carbocycles. The summed E-state index contributed by atoms with van der Waals surface area (Å²) in [5, 5.41) is 2.64. The van der Waals surface area contributed by atoms with E-state index in [1.165, 1.54) is 6.92 Å². The van der Waals surface area contributed by atoms with Gasteiger partial charge in [0, 0.05) is 5.69 Å². The zero-order valence-electron chi connectivity index (χ0n) is 9.86. The first kappa shape index (κ1) is 13.7. The summed E-state index contributed by atoms with van der Waals surface area (Å²) in [5.41, 5.74) is 1.62. The van der Waals surface area contributed by atoms with Crippen LogP contribution in [0.25, 0.3) is 0 Å². The van der Waals surface area contributed by atoms with Crippen LogP contribution in [0.5, 0.6) is 0 Å². The normalized spacial score (nSPS) is 11.2. The van der Waals surface area contributed by atoms with E-state index in [4.69, 9.17) is 0 Å². The van der Waals surface area contributed by atoms with E-state index in [0.717, 1.165) is 5.56 Å². The lowest BCUT2D eigenvalue weighted by Gasteiger charge is -2.08. The monoisotopic (exact) mass is 256 g/mol. The fraction of sp³-hybridized carbons (Fsp3) is 0.364. The van der Waals surface area contributed by atoms with Gasteiger partial charge in [-0.05, 0) is 25.5 Å². The molecule has 0 saturated carbocycles. The molecule has 0 fully saturated rings. The summed E-state index contributed by atoms with van der Waals surface area (Å²) in [5.74, 6) is -0.415. The molecular formula is C11H16N2O3S. The van der Waals surface area contributed by atoms with Crippen LogP contribution in [-0.4, -0.2) is 26.6 Å². The zero-order chi connectivity index (χ0) is 12.9. The van der Waals surface area contributed by atoms with Gasteiger partial charge in [0.1, 0.15) is 0 Å². The molecule has 94 valence electrons. The smallest absolute Gasteiger partial charge is 0.239 e. The average molecular weight is 256 g/mol. The van der Waals surface area contributed by atoms with Gasteiger partial charge >= 0.3 is 0 Å². The number of sulfonamides is 1. The van der Waals surface area contributed by atoms with E-state index in [1.807, 2.05) is 19.1 Å². The fourth-order valence-electron chi connectivity index (χ4n) is 1.19. The predicted molar refractivity (Wildman–Crippen MR) is 67.3 cm³/mol. The molecule has 0 bridgehead atoms. The van der Waals surface area contributed by atoms with Gasteiger partial charge in [0.25, 0.3) is 0 Å². The van der Waals surface area contributed by atoms with Gasteiger partial charge in [0.2, 0.25) is 15.9 Å². The molecule has 0 heterocycles. The van der Waals surface area contributed by atoms with Crippen molar-refractivity contribution < 1.29 is 13.2 Å². The number of carbonyl (C=O) groups excluding carboxylic acids is 1. The summed E-state index contributed by atoms with van der Waals surface area (Å²) >= 11 is 0. The van der Waals surface area contributed by atoms with E-state index in [0.29, 0.717) is 5.69 Å². The summed E-state index contributed by atoms with van der Waals surface area (Å²) in [6.07, 6.45) is 0. The van der Waals surface area contributed by atoms with Crippen LogP contribution in [0.1, 0.15) is 12.5 Å². The maximum absolute atomic E-state index is 11.5. The summed E-state index contributed by atoms with van der Waals surface area (Å²) in [6, 6.07) is 7.30. The molecule has 2 N–H and O–H groups in total. The number of benzene rings is 1. The van der Waals surface area contributed by atoms with Crippen molar-refractivity contribution in [2.75, 3.05) is 17.6 Å². The van der Waals surface area contributed by atoms with E-state index in [9.17, 15) is 13.2 Å². The fourth-order valence-corrected chi connectivity index (χ4v) is 1.74. The molecule has 0 aliphatic rings. The minimum Gasteiger partial charge on any atom is -0.325 e. The topological polar surface area (TPSA) is 75.3 Å². The number of nitrogens with one attached hydrogen (secondary N) is 2. The molecule has 0 atom stereocenters. The van der Waals surface area contributed by atoms with E-state index < -0.39 is 10.0 Å². The Morgan fingerprint density at radius 1 is 1.29 bits per heavy atom. The first-order valence-electron chi connectivity index (χ1n) is 5.27. The van der Waals surface area contributed by atoms with Gasteiger partial charge in [-0.3, -0.25) is 4.79 Å². The van der Waals surface area contributed by atoms with Gasteiger partial charge in [-0.25, -0.2) is 13.1 Å². The SMILES string of the molecule is CCS(=O)(=O)NCC(=O)Nc1ccccc1C. The molecule has 0 spiro atoms. The number of rotatable bonds is 5. The Morgan fingerprint density at radius 2 is 1.94 bits per heavy atom. The number of amides is 1. The quantitative estimate of drug-likeness (QED) is 0.821. The second-order valence-electron chi connectivity index (χ2n) is 3.59. The van der Waals surface area contributed by atoms with Gasteiger partial charge in [-0.1, -0.05) is 18.2 Å². The van der Waals surface area contributed by atoms with Crippen LogP contribution in [0.2, 0.25) is 0 Å². The molecule has 1 aromatic rings. The minimum absolute atomic E-state index is 0.0371. The zero-order valence-corrected chi connectivity index (χ0v) is 10.7. The van der Waals surface area contributed by atoms with Crippen molar-refractivity contribution in [3.05, 3.63) is 29.8 Å². The molecule has 1 rings (SSSR count). The lowest BCUT2D eigenvalue weighted by Crippen LogP contribution is -2.33. The number of para-hydroxylation sites is 1. The van der Waals surface area contributed by atoms with Crippen LogP contribution in [0, 0.1) is 6.92 Å². The number of carbonyl (C=O) groups is 1. The van der Waals surface area contributed by atoms with Gasteiger partial charge in [-0.15, -0.1) is 0 Å². The Morgan fingerprint density at radius 3 is 2.53 bits per heavy atom. The molecular weight excluding hydrogens is 240 g/mol. The van der Waals surface area contributed by atoms with Gasteiger partial charge in [0.05, 0.1) is 12.3 Å². The largest absolute Gasteiger partial charge is 0.325 e. The summed E-state index contributed by atoms with van der Waals surface area (Å²) in [4.78, 5) is 11.5. The first-order chi connectivity index (χ1) is 7.94. The van der Waals surface area contributed by atoms with Crippen molar-refractivity contribution >= 4 is 21.6 Å². The van der Waals surface area contributed by atoms with Crippen LogP contribution in [0.3, 0.4) is 0 Å². The van der Waals surface area contributed by atoms with Crippen molar-refractivity contribution in [2.45, 2.75) is 13.8 Å². The highest BCUT2D eigenvalue weighted by atomic mass is 32.2. The molecule has 0 aromatic heterocycles. The Balaban J connectivity index is 2.54. The van der Waals surface area contributed by atoms with Crippen molar-refractivity contribution in [2.24, 2.45) is 0 Å². The van der Waals surface area contributed by atoms with Crippen LogP contribution in [-0.2, 0) is 14.8 Å². The molecule has 1 amide bonds. The maximum atomic E-state index is 11.5. The van der Waals surface area contributed by atoms with Crippen molar-refractivity contribution in [1.82, 2.24) is 4.72 Å². The van der Waals surface area contributed by atoms with E-state index in [2.05, 4.69) is 10.0 Å². The summed E-state index contributed by atoms with van der Waals surface area (Å²) < 4.78 is 24.5. The molecule has 0 aliphatic heterocycles. The number of aryl methyl sites for hydroxylation is 1. The highest BCUT2D eigenvalue weighted by Crippen LogP contribution is 2.12. The Hall–Kier alpha value is -1.40. The summed E-state index contributed by atoms with van der Waals surface area (Å²) in [6.45, 7) is 3.14. The predicted octanol–water partition coefficient (Wildman–Crippen LogP) is 0.873. The lowest BCUT2D eigenvalue weighted by molar-refractivity contribution is -0.115. The third kappa shape index (κ3) is 4.54. The average Bonchev–Trinajstić information content (AvgIpc) is 2.30. The Bertz CT molecular complexity index is 497. The van der Waals surface area contributed by atoms with Crippen LogP contribution < -0.4 is 10.0 Å². The lowest BCUT2D eigenvalue weighted by atomic mass is 10.2. The maximum Gasteiger partial charge on any atom is 0.239 e. The highest BCUT2D eigenvalue weighted by molar-refractivity contribution is 7.89. The van der Waals surface area contributed by atoms with Crippen LogP contribution >= 0.6 is 0 Å². The number of hydrogen-bond acceptors (Lipinski definition) is 3. The molecule has 0 aliphatic carbocycles. The minimum atomic E-state index is -3.33. The third-order valence-corrected chi connectivity index (χ3v) is 3.60. The van der Waals surface area contributed by atoms with Gasteiger partial charge < -0.3 is 5.32 Å². The van der Waals surface area contributed by atoms with E-state index in [-0.39, 0.29) is 18.2 Å². The van der Waals surface area contributed by atoms with E-state index in [1.54, 1.807) is 12.1 Å². The molecule has 17 heavy (non-hydrogen) atoms. The van der Waals surface area contributed by atoms with Crippen molar-refractivity contribution in [3.63, 3.8) is 0 Å². The molecule has 5 nitrogen and oxygen atoms in total. The highest BCUT2D eigenvalue weighted by Gasteiger charge is 2.10. The molecule has 6 heteroatoms.